The fraction of sp³-hybridized carbons (Fsp3) is 0.556. The van der Waals surface area contributed by atoms with Gasteiger partial charge in [0.15, 0.2) is 0 Å². The van der Waals surface area contributed by atoms with Gasteiger partial charge < -0.3 is 4.31 Å². The second-order valence-electron chi connectivity index (χ2n) is 3.13. The van der Waals surface area contributed by atoms with Crippen molar-refractivity contribution in [1.82, 2.24) is 9.97 Å². The molecule has 1 fully saturated rings. The molecule has 0 unspecified atom stereocenters. The van der Waals surface area contributed by atoms with Crippen LogP contribution in [0, 0.1) is 16.9 Å². The van der Waals surface area contributed by atoms with Crippen molar-refractivity contribution in [1.29, 1.82) is 0 Å². The molecule has 15 heavy (non-hydrogen) atoms. The summed E-state index contributed by atoms with van der Waals surface area (Å²) in [5.74, 6) is 2.05. The van der Waals surface area contributed by atoms with E-state index in [0.717, 1.165) is 18.1 Å². The van der Waals surface area contributed by atoms with Crippen LogP contribution in [-0.2, 0) is 0 Å². The highest BCUT2D eigenvalue weighted by Crippen LogP contribution is 2.25. The normalized spacial score (nSPS) is 15.4. The van der Waals surface area contributed by atoms with Gasteiger partial charge in [-0.05, 0) is 31.7 Å². The van der Waals surface area contributed by atoms with Crippen molar-refractivity contribution in [2.45, 2.75) is 19.8 Å². The molecule has 0 aliphatic carbocycles. The Morgan fingerprint density at radius 2 is 1.93 bits per heavy atom. The molecule has 1 aliphatic rings. The molecule has 82 valence electrons. The third-order valence-electron chi connectivity index (χ3n) is 2.06. The van der Waals surface area contributed by atoms with Gasteiger partial charge in [0.05, 0.1) is 18.1 Å². The minimum atomic E-state index is 0.839. The number of hydrogen-bond donors (Lipinski definition) is 0. The number of anilines is 1. The van der Waals surface area contributed by atoms with Crippen LogP contribution in [0.5, 0.6) is 0 Å². The standard InChI is InChI=1S/C9H13N3S.O2/c1-8-10-6-9(7-11-8)12-4-2-3-5-13-12;1-2/h6-7H,2-5H2,1H3;. The van der Waals surface area contributed by atoms with Gasteiger partial charge in [0.1, 0.15) is 5.82 Å². The van der Waals surface area contributed by atoms with Crippen LogP contribution in [0.3, 0.4) is 0 Å². The lowest BCUT2D eigenvalue weighted by Crippen LogP contribution is -2.21. The van der Waals surface area contributed by atoms with E-state index in [-0.39, 0.29) is 0 Å². The van der Waals surface area contributed by atoms with Crippen molar-refractivity contribution in [2.24, 2.45) is 0 Å². The Kier molecular flexibility index (Phi) is 5.03. The number of rotatable bonds is 1. The van der Waals surface area contributed by atoms with E-state index in [1.807, 2.05) is 31.3 Å². The Morgan fingerprint density at radius 3 is 2.47 bits per heavy atom. The molecule has 5 nitrogen and oxygen atoms in total. The third-order valence-corrected chi connectivity index (χ3v) is 3.23. The summed E-state index contributed by atoms with van der Waals surface area (Å²) in [5.41, 5.74) is 1.13. The molecule has 1 saturated heterocycles. The van der Waals surface area contributed by atoms with Crippen LogP contribution in [0.25, 0.3) is 0 Å². The van der Waals surface area contributed by atoms with E-state index in [1.165, 1.54) is 18.6 Å². The average molecular weight is 227 g/mol. The lowest BCUT2D eigenvalue weighted by Gasteiger charge is -2.26. The Balaban J connectivity index is 0.000000531. The van der Waals surface area contributed by atoms with Gasteiger partial charge in [-0.1, -0.05) is 0 Å². The molecule has 2 heterocycles. The summed E-state index contributed by atoms with van der Waals surface area (Å²) in [5, 5.41) is 0. The molecule has 0 N–H and O–H groups in total. The van der Waals surface area contributed by atoms with Crippen molar-refractivity contribution < 1.29 is 0 Å². The van der Waals surface area contributed by atoms with Gasteiger partial charge in [0, 0.05) is 22.2 Å². The molecular formula is C9H13N3O2S. The maximum Gasteiger partial charge on any atom is 0.125 e. The highest BCUT2D eigenvalue weighted by Gasteiger charge is 2.11. The van der Waals surface area contributed by atoms with Gasteiger partial charge >= 0.3 is 0 Å². The molecule has 0 aromatic carbocycles. The molecule has 1 aromatic heterocycles. The zero-order valence-electron chi connectivity index (χ0n) is 8.55. The van der Waals surface area contributed by atoms with Gasteiger partial charge in [0.2, 0.25) is 0 Å². The van der Waals surface area contributed by atoms with Gasteiger partial charge in [-0.2, -0.15) is 0 Å². The lowest BCUT2D eigenvalue weighted by molar-refractivity contribution is 0.788. The lowest BCUT2D eigenvalue weighted by atomic mass is 10.3. The van der Waals surface area contributed by atoms with E-state index in [1.54, 1.807) is 0 Å². The van der Waals surface area contributed by atoms with E-state index in [2.05, 4.69) is 14.3 Å². The van der Waals surface area contributed by atoms with Crippen LogP contribution in [-0.4, -0.2) is 22.3 Å². The van der Waals surface area contributed by atoms with Gasteiger partial charge in [-0.15, -0.1) is 0 Å². The molecule has 0 bridgehead atoms. The predicted octanol–water partition coefficient (Wildman–Crippen LogP) is 2.10. The molecule has 0 atom stereocenters. The molecule has 1 aliphatic heterocycles. The summed E-state index contributed by atoms with van der Waals surface area (Å²) >= 11 is 1.88. The Labute approximate surface area is 92.6 Å². The van der Waals surface area contributed by atoms with Crippen LogP contribution in [0.4, 0.5) is 5.69 Å². The summed E-state index contributed by atoms with van der Waals surface area (Å²) in [6.45, 7) is 3.03. The minimum absolute atomic E-state index is 0.839. The molecule has 0 radical (unpaired) electrons. The van der Waals surface area contributed by atoms with Crippen LogP contribution >= 0.6 is 11.9 Å². The van der Waals surface area contributed by atoms with Crippen molar-refractivity contribution >= 4 is 17.6 Å². The smallest absolute Gasteiger partial charge is 0.125 e. The fourth-order valence-electron chi connectivity index (χ4n) is 1.31. The van der Waals surface area contributed by atoms with Gasteiger partial charge in [0.25, 0.3) is 0 Å². The largest absolute Gasteiger partial charge is 0.313 e. The number of aromatic nitrogens is 2. The molecule has 0 saturated carbocycles. The SMILES string of the molecule is Cc1ncc(N2CCCCS2)cn1.O=O. The topological polar surface area (TPSA) is 63.2 Å². The average Bonchev–Trinajstić information content (AvgIpc) is 2.34. The zero-order chi connectivity index (χ0) is 11.1. The van der Waals surface area contributed by atoms with Crippen LogP contribution in [0.1, 0.15) is 18.7 Å². The first kappa shape index (κ1) is 11.9. The second kappa shape index (κ2) is 6.34. The van der Waals surface area contributed by atoms with Crippen molar-refractivity contribution in [2.75, 3.05) is 16.6 Å². The summed E-state index contributed by atoms with van der Waals surface area (Å²) in [6, 6.07) is 0. The Bertz CT molecular complexity index is 288. The summed E-state index contributed by atoms with van der Waals surface area (Å²) in [6.07, 6.45) is 6.41. The molecule has 6 heteroatoms. The Morgan fingerprint density at radius 1 is 1.27 bits per heavy atom. The first-order valence-corrected chi connectivity index (χ1v) is 5.66. The Hall–Kier alpha value is -1.17. The van der Waals surface area contributed by atoms with E-state index in [0.29, 0.717) is 0 Å². The minimum Gasteiger partial charge on any atom is -0.313 e. The fourth-order valence-corrected chi connectivity index (χ4v) is 2.37. The van der Waals surface area contributed by atoms with Crippen LogP contribution in [0.2, 0.25) is 0 Å². The highest BCUT2D eigenvalue weighted by molar-refractivity contribution is 8.00. The molecule has 1 aromatic rings. The van der Waals surface area contributed by atoms with E-state index in [9.17, 15) is 0 Å². The van der Waals surface area contributed by atoms with Crippen molar-refractivity contribution in [3.8, 4) is 0 Å². The summed E-state index contributed by atoms with van der Waals surface area (Å²) in [7, 11) is 0. The van der Waals surface area contributed by atoms with Crippen molar-refractivity contribution in [3.63, 3.8) is 0 Å². The first-order valence-electron chi connectivity index (χ1n) is 4.72. The maximum atomic E-state index is 7.00. The van der Waals surface area contributed by atoms with Crippen LogP contribution in [0.15, 0.2) is 12.4 Å². The predicted molar refractivity (Wildman–Crippen MR) is 62.5 cm³/mol. The third kappa shape index (κ3) is 3.47. The van der Waals surface area contributed by atoms with Gasteiger partial charge in [-0.3, -0.25) is 0 Å². The maximum absolute atomic E-state index is 7.00. The summed E-state index contributed by atoms with van der Waals surface area (Å²) in [4.78, 5) is 22.4. The molecule has 0 amide bonds. The highest BCUT2D eigenvalue weighted by atomic mass is 32.2. The monoisotopic (exact) mass is 227 g/mol. The zero-order valence-corrected chi connectivity index (χ0v) is 9.37. The summed E-state index contributed by atoms with van der Waals surface area (Å²) < 4.78 is 2.28. The van der Waals surface area contributed by atoms with Crippen LogP contribution < -0.4 is 4.31 Å². The quantitative estimate of drug-likeness (QED) is 0.685. The van der Waals surface area contributed by atoms with E-state index < -0.39 is 0 Å². The number of nitrogens with zero attached hydrogens (tertiary/aromatic N) is 3. The second-order valence-corrected chi connectivity index (χ2v) is 4.24. The van der Waals surface area contributed by atoms with E-state index in [4.69, 9.17) is 9.93 Å². The molecular weight excluding hydrogens is 214 g/mol. The van der Waals surface area contributed by atoms with E-state index >= 15 is 0 Å². The molecule has 2 rings (SSSR count). The molecule has 0 spiro atoms. The van der Waals surface area contributed by atoms with Crippen molar-refractivity contribution in [3.05, 3.63) is 28.1 Å². The number of hydrogen-bond acceptors (Lipinski definition) is 6. The van der Waals surface area contributed by atoms with Gasteiger partial charge in [-0.25, -0.2) is 9.97 Å². The number of aryl methyl sites for hydroxylation is 1. The first-order chi connectivity index (χ1) is 7.36.